The minimum Gasteiger partial charge on any atom is -0.381 e. The summed E-state index contributed by atoms with van der Waals surface area (Å²) in [6.07, 6.45) is 8.80. The maximum atomic E-state index is 4.40. The third-order valence-electron chi connectivity index (χ3n) is 5.24. The predicted molar refractivity (Wildman–Crippen MR) is 103 cm³/mol. The Labute approximate surface area is 146 Å². The quantitative estimate of drug-likeness (QED) is 0.711. The van der Waals surface area contributed by atoms with Crippen LogP contribution in [0.25, 0.3) is 0 Å². The number of aryl methyl sites for hydroxylation is 1. The lowest BCUT2D eigenvalue weighted by atomic mass is 9.82. The summed E-state index contributed by atoms with van der Waals surface area (Å²) < 4.78 is 0. The lowest BCUT2D eigenvalue weighted by molar-refractivity contribution is 0.444. The molecular formula is C22H30N2. The van der Waals surface area contributed by atoms with E-state index in [0.29, 0.717) is 5.92 Å². The molecule has 24 heavy (non-hydrogen) atoms. The van der Waals surface area contributed by atoms with Crippen LogP contribution in [0.5, 0.6) is 0 Å². The first-order valence-corrected chi connectivity index (χ1v) is 9.42. The Morgan fingerprint density at radius 2 is 1.88 bits per heavy atom. The number of nitrogens with one attached hydrogen (secondary N) is 1. The number of benzene rings is 1. The van der Waals surface area contributed by atoms with E-state index < -0.39 is 0 Å². The van der Waals surface area contributed by atoms with Gasteiger partial charge < -0.3 is 5.32 Å². The zero-order valence-corrected chi connectivity index (χ0v) is 15.3. The third kappa shape index (κ3) is 4.17. The highest BCUT2D eigenvalue weighted by Gasteiger charge is 2.19. The van der Waals surface area contributed by atoms with Gasteiger partial charge in [-0.3, -0.25) is 4.98 Å². The van der Waals surface area contributed by atoms with Gasteiger partial charge in [-0.05, 0) is 60.4 Å². The lowest BCUT2D eigenvalue weighted by Crippen LogP contribution is -2.10. The molecule has 1 fully saturated rings. The van der Waals surface area contributed by atoms with E-state index in [1.165, 1.54) is 54.5 Å². The van der Waals surface area contributed by atoms with Gasteiger partial charge in [0.2, 0.25) is 0 Å². The second-order valence-electron chi connectivity index (χ2n) is 7.50. The van der Waals surface area contributed by atoms with Crippen molar-refractivity contribution in [3.8, 4) is 0 Å². The van der Waals surface area contributed by atoms with Crippen molar-refractivity contribution in [1.29, 1.82) is 0 Å². The molecule has 3 rings (SSSR count). The van der Waals surface area contributed by atoms with Crippen molar-refractivity contribution in [3.63, 3.8) is 0 Å². The molecule has 0 amide bonds. The standard InChI is InChI=1S/C22H30N2/c1-16(2)20-11-12-22(21(13-20)19-7-5-4-6-8-19)24-15-18-10-9-17(3)23-14-18/h9-14,16,19,24H,4-8,15H2,1-3H3. The summed E-state index contributed by atoms with van der Waals surface area (Å²) in [4.78, 5) is 4.40. The Kier molecular flexibility index (Phi) is 5.55. The number of anilines is 1. The normalized spacial score (nSPS) is 15.7. The Bertz CT molecular complexity index is 652. The first-order chi connectivity index (χ1) is 11.6. The molecule has 1 aliphatic rings. The van der Waals surface area contributed by atoms with Gasteiger partial charge in [-0.15, -0.1) is 0 Å². The van der Waals surface area contributed by atoms with Crippen LogP contribution in [0.3, 0.4) is 0 Å². The molecule has 0 spiro atoms. The molecule has 128 valence electrons. The van der Waals surface area contributed by atoms with Crippen LogP contribution in [-0.2, 0) is 6.54 Å². The summed E-state index contributed by atoms with van der Waals surface area (Å²) in [5, 5.41) is 3.67. The SMILES string of the molecule is Cc1ccc(CNc2ccc(C(C)C)cc2C2CCCCC2)cn1. The van der Waals surface area contributed by atoms with Crippen molar-refractivity contribution in [1.82, 2.24) is 4.98 Å². The highest BCUT2D eigenvalue weighted by molar-refractivity contribution is 5.55. The minimum atomic E-state index is 0.586. The van der Waals surface area contributed by atoms with Gasteiger partial charge in [0.05, 0.1) is 0 Å². The molecule has 0 radical (unpaired) electrons. The van der Waals surface area contributed by atoms with Crippen molar-refractivity contribution in [3.05, 3.63) is 58.9 Å². The summed E-state index contributed by atoms with van der Waals surface area (Å²) in [5.74, 6) is 1.30. The predicted octanol–water partition coefficient (Wildman–Crippen LogP) is 6.17. The van der Waals surface area contributed by atoms with Crippen LogP contribution in [0.2, 0.25) is 0 Å². The maximum Gasteiger partial charge on any atom is 0.0416 e. The first kappa shape index (κ1) is 17.0. The van der Waals surface area contributed by atoms with Gasteiger partial charge in [-0.25, -0.2) is 0 Å². The van der Waals surface area contributed by atoms with Crippen molar-refractivity contribution >= 4 is 5.69 Å². The summed E-state index contributed by atoms with van der Waals surface area (Å²) in [5.41, 5.74) is 6.61. The average Bonchev–Trinajstić information content (AvgIpc) is 2.62. The van der Waals surface area contributed by atoms with E-state index in [9.17, 15) is 0 Å². The smallest absolute Gasteiger partial charge is 0.0416 e. The Hall–Kier alpha value is -1.83. The van der Waals surface area contributed by atoms with Crippen LogP contribution >= 0.6 is 0 Å². The Balaban J connectivity index is 1.81. The molecule has 1 aromatic heterocycles. The lowest BCUT2D eigenvalue weighted by Gasteiger charge is -2.26. The van der Waals surface area contributed by atoms with E-state index in [-0.39, 0.29) is 0 Å². The van der Waals surface area contributed by atoms with Gasteiger partial charge in [0.15, 0.2) is 0 Å². The molecule has 1 aromatic carbocycles. The summed E-state index contributed by atoms with van der Waals surface area (Å²) in [6, 6.07) is 11.3. The Morgan fingerprint density at radius 3 is 2.54 bits per heavy atom. The molecule has 1 aliphatic carbocycles. The van der Waals surface area contributed by atoms with Crippen LogP contribution in [-0.4, -0.2) is 4.98 Å². The van der Waals surface area contributed by atoms with E-state index in [4.69, 9.17) is 0 Å². The molecule has 2 heteroatoms. The van der Waals surface area contributed by atoms with Crippen LogP contribution in [0.15, 0.2) is 36.5 Å². The molecule has 1 N–H and O–H groups in total. The number of hydrogen-bond donors (Lipinski definition) is 1. The van der Waals surface area contributed by atoms with E-state index in [1.807, 2.05) is 13.1 Å². The van der Waals surface area contributed by atoms with Gasteiger partial charge in [0.25, 0.3) is 0 Å². The van der Waals surface area contributed by atoms with E-state index in [0.717, 1.165) is 18.2 Å². The molecule has 0 saturated heterocycles. The monoisotopic (exact) mass is 322 g/mol. The molecule has 2 nitrogen and oxygen atoms in total. The van der Waals surface area contributed by atoms with Crippen LogP contribution in [0.4, 0.5) is 5.69 Å². The fourth-order valence-electron chi connectivity index (χ4n) is 3.65. The van der Waals surface area contributed by atoms with Gasteiger partial charge in [-0.2, -0.15) is 0 Å². The van der Waals surface area contributed by atoms with Crippen molar-refractivity contribution in [2.75, 3.05) is 5.32 Å². The zero-order valence-electron chi connectivity index (χ0n) is 15.3. The zero-order chi connectivity index (χ0) is 16.9. The van der Waals surface area contributed by atoms with Gasteiger partial charge in [0.1, 0.15) is 0 Å². The second-order valence-corrected chi connectivity index (χ2v) is 7.50. The van der Waals surface area contributed by atoms with E-state index >= 15 is 0 Å². The highest BCUT2D eigenvalue weighted by atomic mass is 14.9. The molecular weight excluding hydrogens is 292 g/mol. The molecule has 0 unspecified atom stereocenters. The van der Waals surface area contributed by atoms with Crippen LogP contribution < -0.4 is 5.32 Å². The van der Waals surface area contributed by atoms with Gasteiger partial charge in [0, 0.05) is 24.1 Å². The largest absolute Gasteiger partial charge is 0.381 e. The summed E-state index contributed by atoms with van der Waals surface area (Å²) >= 11 is 0. The van der Waals surface area contributed by atoms with Gasteiger partial charge >= 0.3 is 0 Å². The minimum absolute atomic E-state index is 0.586. The van der Waals surface area contributed by atoms with Crippen molar-refractivity contribution < 1.29 is 0 Å². The topological polar surface area (TPSA) is 24.9 Å². The van der Waals surface area contributed by atoms with Crippen LogP contribution in [0, 0.1) is 6.92 Å². The molecule has 0 bridgehead atoms. The summed E-state index contributed by atoms with van der Waals surface area (Å²) in [7, 11) is 0. The highest BCUT2D eigenvalue weighted by Crippen LogP contribution is 2.38. The molecule has 0 atom stereocenters. The van der Waals surface area contributed by atoms with Crippen molar-refractivity contribution in [2.24, 2.45) is 0 Å². The fraction of sp³-hybridized carbons (Fsp3) is 0.500. The van der Waals surface area contributed by atoms with Crippen molar-refractivity contribution in [2.45, 2.75) is 71.3 Å². The van der Waals surface area contributed by atoms with Crippen LogP contribution in [0.1, 0.15) is 80.2 Å². The third-order valence-corrected chi connectivity index (χ3v) is 5.24. The second kappa shape index (κ2) is 7.83. The number of aromatic nitrogens is 1. The molecule has 1 saturated carbocycles. The molecule has 1 heterocycles. The first-order valence-electron chi connectivity index (χ1n) is 9.42. The molecule has 0 aliphatic heterocycles. The molecule has 2 aromatic rings. The summed E-state index contributed by atoms with van der Waals surface area (Å²) in [6.45, 7) is 7.44. The number of pyridine rings is 1. The van der Waals surface area contributed by atoms with Gasteiger partial charge in [-0.1, -0.05) is 51.3 Å². The Morgan fingerprint density at radius 1 is 1.08 bits per heavy atom. The fourth-order valence-corrected chi connectivity index (χ4v) is 3.65. The number of hydrogen-bond acceptors (Lipinski definition) is 2. The van der Waals surface area contributed by atoms with E-state index in [1.54, 1.807) is 0 Å². The number of nitrogens with zero attached hydrogens (tertiary/aromatic N) is 1. The average molecular weight is 322 g/mol. The maximum absolute atomic E-state index is 4.40. The van der Waals surface area contributed by atoms with E-state index in [2.05, 4.69) is 54.5 Å². The number of rotatable bonds is 5.